The molecule has 0 radical (unpaired) electrons. The number of allylic oxidation sites excluding steroid dienone is 6. The fourth-order valence-electron chi connectivity index (χ4n) is 2.97. The highest BCUT2D eigenvalue weighted by Crippen LogP contribution is 2.26. The van der Waals surface area contributed by atoms with Gasteiger partial charge in [0.25, 0.3) is 0 Å². The zero-order valence-electron chi connectivity index (χ0n) is 17.9. The number of aliphatic carboxylic acids is 2. The maximum atomic E-state index is 11.1. The molecule has 29 heavy (non-hydrogen) atoms. The van der Waals surface area contributed by atoms with Crippen LogP contribution in [0.1, 0.15) is 66.2 Å². The van der Waals surface area contributed by atoms with Crippen LogP contribution in [-0.2, 0) is 19.1 Å². The van der Waals surface area contributed by atoms with Crippen molar-refractivity contribution in [1.82, 2.24) is 0 Å². The minimum Gasteiger partial charge on any atom is -0.479 e. The van der Waals surface area contributed by atoms with Gasteiger partial charge in [-0.05, 0) is 71.8 Å². The summed E-state index contributed by atoms with van der Waals surface area (Å²) in [7, 11) is 0. The van der Waals surface area contributed by atoms with E-state index in [0.717, 1.165) is 25.7 Å². The van der Waals surface area contributed by atoms with E-state index in [1.54, 1.807) is 0 Å². The molecule has 1 heterocycles. The lowest BCUT2D eigenvalue weighted by Gasteiger charge is -2.12. The van der Waals surface area contributed by atoms with Gasteiger partial charge < -0.3 is 19.7 Å². The van der Waals surface area contributed by atoms with Gasteiger partial charge in [0.1, 0.15) is 0 Å². The van der Waals surface area contributed by atoms with Crippen molar-refractivity contribution in [2.75, 3.05) is 0 Å². The Morgan fingerprint density at radius 2 is 1.21 bits per heavy atom. The molecule has 162 valence electrons. The number of hydrogen-bond donors (Lipinski definition) is 2. The summed E-state index contributed by atoms with van der Waals surface area (Å²) in [6.07, 6.45) is 8.03. The SMILES string of the molecule is C=C(CCC=C(C)CCC=C(C)CCC=C(C)C)C1O[C@@H](C(=O)O)[C@H](C(=O)O)O1. The van der Waals surface area contributed by atoms with Crippen molar-refractivity contribution in [2.24, 2.45) is 0 Å². The van der Waals surface area contributed by atoms with E-state index in [9.17, 15) is 9.59 Å². The van der Waals surface area contributed by atoms with Crippen LogP contribution >= 0.6 is 0 Å². The molecule has 1 aliphatic heterocycles. The molecule has 0 aromatic carbocycles. The van der Waals surface area contributed by atoms with Crippen LogP contribution in [0.25, 0.3) is 0 Å². The van der Waals surface area contributed by atoms with E-state index in [1.165, 1.54) is 16.7 Å². The van der Waals surface area contributed by atoms with E-state index in [0.29, 0.717) is 18.4 Å². The predicted octanol–water partition coefficient (Wildman–Crippen LogP) is 5.02. The summed E-state index contributed by atoms with van der Waals surface area (Å²) >= 11 is 0. The number of rotatable bonds is 12. The number of ether oxygens (including phenoxy) is 2. The maximum absolute atomic E-state index is 11.1. The van der Waals surface area contributed by atoms with Crippen LogP contribution in [0.4, 0.5) is 0 Å². The van der Waals surface area contributed by atoms with Gasteiger partial charge in [-0.15, -0.1) is 0 Å². The lowest BCUT2D eigenvalue weighted by Crippen LogP contribution is -2.36. The van der Waals surface area contributed by atoms with E-state index >= 15 is 0 Å². The van der Waals surface area contributed by atoms with Gasteiger partial charge in [0, 0.05) is 0 Å². The summed E-state index contributed by atoms with van der Waals surface area (Å²) in [5.74, 6) is -2.71. The summed E-state index contributed by atoms with van der Waals surface area (Å²) < 4.78 is 10.4. The lowest BCUT2D eigenvalue weighted by molar-refractivity contribution is -0.156. The second-order valence-corrected chi connectivity index (χ2v) is 7.78. The van der Waals surface area contributed by atoms with E-state index in [4.69, 9.17) is 19.7 Å². The standard InChI is InChI=1S/C23H34O6/c1-15(2)9-6-10-16(3)11-7-12-17(4)13-8-14-18(5)23-28-19(21(24)25)20(29-23)22(26)27/h9,11,13,19-20,23H,5-8,10,12,14H2,1-4H3,(H,24,25)(H,26,27)/t19-,20-/m1/s1. The Kier molecular flexibility index (Phi) is 10.6. The molecule has 1 rings (SSSR count). The first-order chi connectivity index (χ1) is 13.6. The Balaban J connectivity index is 2.38. The van der Waals surface area contributed by atoms with Gasteiger partial charge in [0.15, 0.2) is 18.5 Å². The molecule has 0 aromatic rings. The van der Waals surface area contributed by atoms with Crippen LogP contribution in [0.2, 0.25) is 0 Å². The molecule has 0 aliphatic carbocycles. The van der Waals surface area contributed by atoms with Gasteiger partial charge >= 0.3 is 11.9 Å². The molecule has 1 saturated heterocycles. The first-order valence-electron chi connectivity index (χ1n) is 10.0. The van der Waals surface area contributed by atoms with Crippen molar-refractivity contribution in [3.05, 3.63) is 47.1 Å². The summed E-state index contributed by atoms with van der Waals surface area (Å²) in [5, 5.41) is 18.1. The molecule has 0 spiro atoms. The molecular formula is C23H34O6. The van der Waals surface area contributed by atoms with Gasteiger partial charge in [0.2, 0.25) is 0 Å². The molecule has 0 amide bonds. The number of carboxylic acid groups (broad SMARTS) is 2. The zero-order chi connectivity index (χ0) is 22.0. The summed E-state index contributed by atoms with van der Waals surface area (Å²) in [6, 6.07) is 0. The molecule has 2 atom stereocenters. The third kappa shape index (κ3) is 9.24. The fourth-order valence-corrected chi connectivity index (χ4v) is 2.97. The van der Waals surface area contributed by atoms with Gasteiger partial charge in [-0.1, -0.05) is 41.5 Å². The molecule has 2 N–H and O–H groups in total. The topological polar surface area (TPSA) is 93.1 Å². The van der Waals surface area contributed by atoms with Crippen LogP contribution in [0.5, 0.6) is 0 Å². The van der Waals surface area contributed by atoms with E-state index < -0.39 is 30.4 Å². The molecule has 1 aliphatic rings. The fraction of sp³-hybridized carbons (Fsp3) is 0.565. The minimum absolute atomic E-state index is 0.540. The van der Waals surface area contributed by atoms with Crippen LogP contribution in [0.15, 0.2) is 47.1 Å². The number of carboxylic acids is 2. The van der Waals surface area contributed by atoms with Crippen molar-refractivity contribution in [2.45, 2.75) is 84.7 Å². The summed E-state index contributed by atoms with van der Waals surface area (Å²) in [5.41, 5.74) is 4.56. The molecule has 6 heteroatoms. The van der Waals surface area contributed by atoms with Crippen LogP contribution in [0, 0.1) is 0 Å². The molecule has 0 unspecified atom stereocenters. The third-order valence-electron chi connectivity index (χ3n) is 4.72. The molecule has 0 bridgehead atoms. The third-order valence-corrected chi connectivity index (χ3v) is 4.72. The van der Waals surface area contributed by atoms with Crippen molar-refractivity contribution < 1.29 is 29.3 Å². The molecular weight excluding hydrogens is 372 g/mol. The highest BCUT2D eigenvalue weighted by molar-refractivity contribution is 5.84. The first kappa shape index (κ1) is 24.9. The minimum atomic E-state index is -1.52. The van der Waals surface area contributed by atoms with Crippen molar-refractivity contribution in [3.8, 4) is 0 Å². The second kappa shape index (κ2) is 12.4. The average molecular weight is 407 g/mol. The highest BCUT2D eigenvalue weighted by atomic mass is 16.7. The molecule has 1 fully saturated rings. The molecule has 6 nitrogen and oxygen atoms in total. The predicted molar refractivity (Wildman–Crippen MR) is 113 cm³/mol. The highest BCUT2D eigenvalue weighted by Gasteiger charge is 2.46. The Morgan fingerprint density at radius 1 is 0.793 bits per heavy atom. The van der Waals surface area contributed by atoms with Gasteiger partial charge in [-0.3, -0.25) is 0 Å². The van der Waals surface area contributed by atoms with Gasteiger partial charge in [0.05, 0.1) is 0 Å². The second-order valence-electron chi connectivity index (χ2n) is 7.78. The van der Waals surface area contributed by atoms with Crippen molar-refractivity contribution in [3.63, 3.8) is 0 Å². The lowest BCUT2D eigenvalue weighted by atomic mass is 10.0. The maximum Gasteiger partial charge on any atom is 0.336 e. The summed E-state index contributed by atoms with van der Waals surface area (Å²) in [4.78, 5) is 22.2. The van der Waals surface area contributed by atoms with Crippen LogP contribution in [0.3, 0.4) is 0 Å². The zero-order valence-corrected chi connectivity index (χ0v) is 17.9. The smallest absolute Gasteiger partial charge is 0.336 e. The number of hydrogen-bond acceptors (Lipinski definition) is 4. The Bertz CT molecular complexity index is 659. The van der Waals surface area contributed by atoms with Crippen molar-refractivity contribution >= 4 is 11.9 Å². The monoisotopic (exact) mass is 406 g/mol. The quantitative estimate of drug-likeness (QED) is 0.442. The molecule has 0 aromatic heterocycles. The van der Waals surface area contributed by atoms with Gasteiger partial charge in [-0.2, -0.15) is 0 Å². The summed E-state index contributed by atoms with van der Waals surface area (Å²) in [6.45, 7) is 12.3. The normalized spacial score (nSPS) is 20.6. The number of carbonyl (C=O) groups is 2. The van der Waals surface area contributed by atoms with Crippen LogP contribution < -0.4 is 0 Å². The molecule has 0 saturated carbocycles. The van der Waals surface area contributed by atoms with E-state index in [2.05, 4.69) is 52.5 Å². The van der Waals surface area contributed by atoms with Crippen LogP contribution in [-0.4, -0.2) is 40.6 Å². The van der Waals surface area contributed by atoms with E-state index in [-0.39, 0.29) is 0 Å². The van der Waals surface area contributed by atoms with E-state index in [1.807, 2.05) is 0 Å². The Morgan fingerprint density at radius 3 is 1.62 bits per heavy atom. The Labute approximate surface area is 173 Å². The largest absolute Gasteiger partial charge is 0.479 e. The average Bonchev–Trinajstić information content (AvgIpc) is 3.07. The van der Waals surface area contributed by atoms with Gasteiger partial charge in [-0.25, -0.2) is 9.59 Å². The Hall–Kier alpha value is -2.18. The van der Waals surface area contributed by atoms with Crippen molar-refractivity contribution in [1.29, 1.82) is 0 Å². The first-order valence-corrected chi connectivity index (χ1v) is 10.0.